The minimum Gasteiger partial charge on any atom is -0.379 e. The lowest BCUT2D eigenvalue weighted by Crippen LogP contribution is -2.54. The van der Waals surface area contributed by atoms with Crippen LogP contribution >= 0.6 is 11.9 Å². The topological polar surface area (TPSA) is 169 Å². The van der Waals surface area contributed by atoms with E-state index >= 15 is 0 Å². The summed E-state index contributed by atoms with van der Waals surface area (Å²) in [5.74, 6) is -0.757. The normalized spacial score (nSPS) is 17.5. The summed E-state index contributed by atoms with van der Waals surface area (Å²) >= 11 is 1.26. The average Bonchev–Trinajstić information content (AvgIpc) is 3.52. The van der Waals surface area contributed by atoms with Gasteiger partial charge in [-0.25, -0.2) is 0 Å². The number of hydrogen-bond acceptors (Lipinski definition) is 9. The first kappa shape index (κ1) is 44.2. The van der Waals surface area contributed by atoms with Crippen molar-refractivity contribution in [2.45, 2.75) is 111 Å². The van der Waals surface area contributed by atoms with E-state index in [1.54, 1.807) is 30.9 Å². The van der Waals surface area contributed by atoms with Crippen LogP contribution in [-0.2, 0) is 28.7 Å². The standard InChI is InChI=1S/C26H50N6O6S.C3H8.C2H6/c1-7-17(2)24(31(4)23(35)15-28)20(37-5)14-22(34)32-12-8-10-19(32)25(38-6)18(3)26(36)29-16-21(33)30-39-13-9-11-27;1-3-2;1-2/h17-20,24-25H,7-16,27-28H2,1-6H3,(H,29,36)(H,30,33);3H2,1-2H3;1-2H3. The number of ether oxygens (including phenoxy) is 2. The second-order valence-corrected chi connectivity index (χ2v) is 11.7. The predicted molar refractivity (Wildman–Crippen MR) is 180 cm³/mol. The number of likely N-dealkylation sites (N-methyl/N-ethyl adjacent to an activating group) is 1. The zero-order chi connectivity index (χ0) is 34.2. The quantitative estimate of drug-likeness (QED) is 0.129. The fraction of sp³-hybridized carbons (Fsp3) is 0.871. The van der Waals surface area contributed by atoms with Gasteiger partial charge in [0, 0.05) is 33.6 Å². The fourth-order valence-electron chi connectivity index (χ4n) is 5.12. The Labute approximate surface area is 271 Å². The number of nitrogens with zero attached hydrogens (tertiary/aromatic N) is 2. The molecular weight excluding hydrogens is 584 g/mol. The van der Waals surface area contributed by atoms with Crippen molar-refractivity contribution in [1.82, 2.24) is 19.8 Å². The Morgan fingerprint density at radius 2 is 1.68 bits per heavy atom. The maximum absolute atomic E-state index is 13.6. The first-order chi connectivity index (χ1) is 21.0. The molecule has 0 aromatic heterocycles. The maximum atomic E-state index is 13.6. The van der Waals surface area contributed by atoms with Crippen molar-refractivity contribution < 1.29 is 28.7 Å². The van der Waals surface area contributed by atoms with E-state index in [9.17, 15) is 19.2 Å². The number of amides is 4. The van der Waals surface area contributed by atoms with Gasteiger partial charge in [0.25, 0.3) is 0 Å². The molecule has 1 rings (SSSR count). The van der Waals surface area contributed by atoms with Crippen LogP contribution in [0.2, 0.25) is 0 Å². The first-order valence-electron chi connectivity index (χ1n) is 16.2. The molecular formula is C31H64N6O6S. The van der Waals surface area contributed by atoms with Crippen LogP contribution in [0.25, 0.3) is 0 Å². The van der Waals surface area contributed by atoms with Crippen molar-refractivity contribution in [1.29, 1.82) is 0 Å². The Morgan fingerprint density at radius 3 is 2.18 bits per heavy atom. The lowest BCUT2D eigenvalue weighted by atomic mass is 9.90. The van der Waals surface area contributed by atoms with Crippen molar-refractivity contribution in [3.63, 3.8) is 0 Å². The van der Waals surface area contributed by atoms with Crippen molar-refractivity contribution >= 4 is 35.6 Å². The van der Waals surface area contributed by atoms with Crippen LogP contribution < -0.4 is 21.5 Å². The Balaban J connectivity index is 0. The molecule has 6 unspecified atom stereocenters. The van der Waals surface area contributed by atoms with Crippen LogP contribution in [0.4, 0.5) is 0 Å². The van der Waals surface area contributed by atoms with E-state index in [1.807, 2.05) is 27.7 Å². The smallest absolute Gasteiger partial charge is 0.249 e. The molecule has 1 heterocycles. The molecule has 0 saturated carbocycles. The van der Waals surface area contributed by atoms with Gasteiger partial charge in [0.05, 0.1) is 49.7 Å². The Morgan fingerprint density at radius 1 is 1.07 bits per heavy atom. The number of likely N-dealkylation sites (tertiary alicyclic amines) is 1. The highest BCUT2D eigenvalue weighted by Crippen LogP contribution is 2.29. The van der Waals surface area contributed by atoms with Crippen LogP contribution in [0.5, 0.6) is 0 Å². The van der Waals surface area contributed by atoms with E-state index < -0.39 is 18.1 Å². The molecule has 6 atom stereocenters. The molecule has 0 aliphatic carbocycles. The molecule has 44 heavy (non-hydrogen) atoms. The SMILES string of the molecule is CC.CCC.CCC(C)C(C(CC(=O)N1CCCC1C(OC)C(C)C(=O)NCC(=O)NSCCCN)OC)N(C)C(=O)CN. The van der Waals surface area contributed by atoms with Crippen molar-refractivity contribution in [3.05, 3.63) is 0 Å². The van der Waals surface area contributed by atoms with Gasteiger partial charge < -0.3 is 36.1 Å². The van der Waals surface area contributed by atoms with Crippen LogP contribution in [0.3, 0.4) is 0 Å². The van der Waals surface area contributed by atoms with Crippen LogP contribution in [0.15, 0.2) is 0 Å². The minimum atomic E-state index is -0.592. The Kier molecular flexibility index (Phi) is 26.4. The number of nitrogens with two attached hydrogens (primary N) is 2. The maximum Gasteiger partial charge on any atom is 0.249 e. The molecule has 13 heteroatoms. The zero-order valence-electron chi connectivity index (χ0n) is 29.1. The molecule has 0 aromatic rings. The molecule has 260 valence electrons. The summed E-state index contributed by atoms with van der Waals surface area (Å²) in [6.45, 7) is 14.9. The summed E-state index contributed by atoms with van der Waals surface area (Å²) in [7, 11) is 4.77. The third-order valence-corrected chi connectivity index (χ3v) is 8.40. The van der Waals surface area contributed by atoms with Gasteiger partial charge in [0.1, 0.15) is 0 Å². The number of rotatable bonds is 18. The number of nitrogens with one attached hydrogen (secondary N) is 2. The minimum absolute atomic E-state index is 0.0865. The van der Waals surface area contributed by atoms with Gasteiger partial charge >= 0.3 is 0 Å². The summed E-state index contributed by atoms with van der Waals surface area (Å²) in [5, 5.41) is 2.67. The van der Waals surface area contributed by atoms with E-state index in [1.165, 1.54) is 25.5 Å². The third-order valence-electron chi connectivity index (χ3n) is 7.54. The molecule has 0 bridgehead atoms. The van der Waals surface area contributed by atoms with Crippen molar-refractivity contribution in [3.8, 4) is 0 Å². The molecule has 4 amide bonds. The molecule has 1 fully saturated rings. The Hall–Kier alpha value is -1.93. The number of carbonyl (C=O) groups is 4. The third kappa shape index (κ3) is 15.4. The van der Waals surface area contributed by atoms with E-state index in [0.717, 1.165) is 19.3 Å². The second-order valence-electron chi connectivity index (χ2n) is 10.8. The van der Waals surface area contributed by atoms with Gasteiger partial charge in [0.2, 0.25) is 23.6 Å². The fourth-order valence-corrected chi connectivity index (χ4v) is 5.77. The zero-order valence-corrected chi connectivity index (χ0v) is 30.0. The van der Waals surface area contributed by atoms with Crippen LogP contribution in [-0.4, -0.2) is 111 Å². The molecule has 0 aromatic carbocycles. The predicted octanol–water partition coefficient (Wildman–Crippen LogP) is 2.54. The van der Waals surface area contributed by atoms with Gasteiger partial charge in [-0.05, 0) is 31.7 Å². The van der Waals surface area contributed by atoms with E-state index in [0.29, 0.717) is 25.3 Å². The van der Waals surface area contributed by atoms with Crippen molar-refractivity contribution in [2.24, 2.45) is 23.3 Å². The molecule has 6 N–H and O–H groups in total. The highest BCUT2D eigenvalue weighted by Gasteiger charge is 2.41. The van der Waals surface area contributed by atoms with Gasteiger partial charge in [-0.15, -0.1) is 0 Å². The van der Waals surface area contributed by atoms with E-state index in [-0.39, 0.29) is 61.1 Å². The van der Waals surface area contributed by atoms with Crippen molar-refractivity contribution in [2.75, 3.05) is 53.2 Å². The van der Waals surface area contributed by atoms with Crippen LogP contribution in [0, 0.1) is 11.8 Å². The molecule has 0 radical (unpaired) electrons. The van der Waals surface area contributed by atoms with Gasteiger partial charge in [-0.1, -0.05) is 73.3 Å². The number of hydrogen-bond donors (Lipinski definition) is 4. The molecule has 0 spiro atoms. The molecule has 12 nitrogen and oxygen atoms in total. The van der Waals surface area contributed by atoms with Gasteiger partial charge in [0.15, 0.2) is 0 Å². The second kappa shape index (κ2) is 26.3. The monoisotopic (exact) mass is 648 g/mol. The first-order valence-corrected chi connectivity index (χ1v) is 17.2. The van der Waals surface area contributed by atoms with E-state index in [4.69, 9.17) is 20.9 Å². The molecule has 1 aliphatic rings. The van der Waals surface area contributed by atoms with Gasteiger partial charge in [-0.3, -0.25) is 23.9 Å². The average molecular weight is 649 g/mol. The summed E-state index contributed by atoms with van der Waals surface area (Å²) < 4.78 is 14.2. The van der Waals surface area contributed by atoms with Gasteiger partial charge in [-0.2, -0.15) is 0 Å². The number of carbonyl (C=O) groups excluding carboxylic acids is 4. The number of methoxy groups -OCH3 is 2. The highest BCUT2D eigenvalue weighted by molar-refractivity contribution is 7.97. The lowest BCUT2D eigenvalue weighted by molar-refractivity contribution is -0.145. The summed E-state index contributed by atoms with van der Waals surface area (Å²) in [5.41, 5.74) is 11.0. The van der Waals surface area contributed by atoms with E-state index in [2.05, 4.69) is 23.9 Å². The summed E-state index contributed by atoms with van der Waals surface area (Å²) in [4.78, 5) is 54.2. The summed E-state index contributed by atoms with van der Waals surface area (Å²) in [6, 6.07) is -0.615. The molecule has 1 saturated heterocycles. The van der Waals surface area contributed by atoms with Crippen LogP contribution in [0.1, 0.15) is 87.0 Å². The largest absolute Gasteiger partial charge is 0.379 e. The highest BCUT2D eigenvalue weighted by atomic mass is 32.2. The molecule has 1 aliphatic heterocycles. The lowest BCUT2D eigenvalue weighted by Gasteiger charge is -2.39. The summed E-state index contributed by atoms with van der Waals surface area (Å²) in [6.07, 6.45) is 3.33. The Bertz CT molecular complexity index is 808.